The molecule has 2 aromatic carbocycles. The van der Waals surface area contributed by atoms with E-state index < -0.39 is 4.92 Å². The fourth-order valence-corrected chi connectivity index (χ4v) is 2.27. The van der Waals surface area contributed by atoms with Crippen molar-refractivity contribution < 1.29 is 9.72 Å². The Morgan fingerprint density at radius 2 is 1.74 bits per heavy atom. The SMILES string of the molecule is O=C(c1ccc([N+](=O)[O-])cc1)c1nccn1-c1ccc(Cl)cc1. The van der Waals surface area contributed by atoms with Gasteiger partial charge in [-0.25, -0.2) is 4.98 Å². The third kappa shape index (κ3) is 2.97. The van der Waals surface area contributed by atoms with Crippen LogP contribution in [0, 0.1) is 10.1 Å². The van der Waals surface area contributed by atoms with Crippen LogP contribution in [0.3, 0.4) is 0 Å². The van der Waals surface area contributed by atoms with Gasteiger partial charge in [-0.1, -0.05) is 11.6 Å². The van der Waals surface area contributed by atoms with Crippen LogP contribution >= 0.6 is 11.6 Å². The van der Waals surface area contributed by atoms with Crippen molar-refractivity contribution >= 4 is 23.1 Å². The van der Waals surface area contributed by atoms with Gasteiger partial charge in [0.25, 0.3) is 5.69 Å². The number of hydrogen-bond acceptors (Lipinski definition) is 4. The molecule has 7 heteroatoms. The highest BCUT2D eigenvalue weighted by molar-refractivity contribution is 6.30. The number of carbonyl (C=O) groups is 1. The number of benzene rings is 2. The van der Waals surface area contributed by atoms with Crippen LogP contribution in [0.1, 0.15) is 16.2 Å². The Hall–Kier alpha value is -2.99. The molecular weight excluding hydrogens is 318 g/mol. The summed E-state index contributed by atoms with van der Waals surface area (Å²) in [6.45, 7) is 0. The number of ketones is 1. The maximum absolute atomic E-state index is 12.6. The van der Waals surface area contributed by atoms with Crippen molar-refractivity contribution in [3.8, 4) is 5.69 Å². The van der Waals surface area contributed by atoms with E-state index in [-0.39, 0.29) is 17.3 Å². The molecule has 114 valence electrons. The molecule has 0 radical (unpaired) electrons. The zero-order valence-electron chi connectivity index (χ0n) is 11.7. The first-order valence-corrected chi connectivity index (χ1v) is 7.02. The lowest BCUT2D eigenvalue weighted by Gasteiger charge is -2.07. The number of hydrogen-bond donors (Lipinski definition) is 0. The van der Waals surface area contributed by atoms with Crippen molar-refractivity contribution in [3.63, 3.8) is 0 Å². The van der Waals surface area contributed by atoms with E-state index in [1.807, 2.05) is 0 Å². The third-order valence-corrected chi connectivity index (χ3v) is 3.54. The van der Waals surface area contributed by atoms with Gasteiger partial charge in [-0.2, -0.15) is 0 Å². The first-order chi connectivity index (χ1) is 11.1. The minimum Gasteiger partial charge on any atom is -0.297 e. The van der Waals surface area contributed by atoms with Crippen LogP contribution in [-0.4, -0.2) is 20.3 Å². The summed E-state index contributed by atoms with van der Waals surface area (Å²) < 4.78 is 1.64. The topological polar surface area (TPSA) is 78.0 Å². The first-order valence-electron chi connectivity index (χ1n) is 6.65. The molecule has 1 aromatic heterocycles. The van der Waals surface area contributed by atoms with Gasteiger partial charge in [0.15, 0.2) is 5.82 Å². The second kappa shape index (κ2) is 6.02. The van der Waals surface area contributed by atoms with Crippen LogP contribution < -0.4 is 0 Å². The summed E-state index contributed by atoms with van der Waals surface area (Å²) in [5, 5.41) is 11.3. The molecular formula is C16H10ClN3O3. The van der Waals surface area contributed by atoms with Crippen LogP contribution in [0.25, 0.3) is 5.69 Å². The molecule has 0 spiro atoms. The summed E-state index contributed by atoms with van der Waals surface area (Å²) in [6.07, 6.45) is 3.19. The molecule has 0 bridgehead atoms. The van der Waals surface area contributed by atoms with Crippen molar-refractivity contribution in [2.24, 2.45) is 0 Å². The Balaban J connectivity index is 1.96. The second-order valence-corrected chi connectivity index (χ2v) is 5.17. The minimum atomic E-state index is -0.511. The third-order valence-electron chi connectivity index (χ3n) is 3.29. The van der Waals surface area contributed by atoms with Gasteiger partial charge in [0.2, 0.25) is 5.78 Å². The number of nitro groups is 1. The largest absolute Gasteiger partial charge is 0.297 e. The molecule has 0 aliphatic rings. The summed E-state index contributed by atoms with van der Waals surface area (Å²) >= 11 is 5.86. The van der Waals surface area contributed by atoms with Gasteiger partial charge in [0.05, 0.1) is 4.92 Å². The van der Waals surface area contributed by atoms with Crippen LogP contribution in [0.15, 0.2) is 60.9 Å². The fraction of sp³-hybridized carbons (Fsp3) is 0. The molecule has 0 saturated carbocycles. The highest BCUT2D eigenvalue weighted by atomic mass is 35.5. The lowest BCUT2D eigenvalue weighted by molar-refractivity contribution is -0.384. The molecule has 3 rings (SSSR count). The Labute approximate surface area is 136 Å². The lowest BCUT2D eigenvalue weighted by Crippen LogP contribution is -2.10. The fourth-order valence-electron chi connectivity index (χ4n) is 2.15. The van der Waals surface area contributed by atoms with E-state index in [1.165, 1.54) is 30.5 Å². The summed E-state index contributed by atoms with van der Waals surface area (Å²) in [6, 6.07) is 12.4. The van der Waals surface area contributed by atoms with Crippen LogP contribution in [0.4, 0.5) is 5.69 Å². The monoisotopic (exact) mass is 327 g/mol. The zero-order chi connectivity index (χ0) is 16.4. The molecule has 6 nitrogen and oxygen atoms in total. The normalized spacial score (nSPS) is 10.5. The standard InChI is InChI=1S/C16H10ClN3O3/c17-12-3-7-13(8-4-12)19-10-9-18-16(19)15(21)11-1-5-14(6-2-11)20(22)23/h1-10H. The van der Waals surface area contributed by atoms with Gasteiger partial charge in [0.1, 0.15) is 0 Å². The van der Waals surface area contributed by atoms with E-state index in [1.54, 1.807) is 35.0 Å². The van der Waals surface area contributed by atoms with Gasteiger partial charge in [0, 0.05) is 40.8 Å². The number of carbonyl (C=O) groups excluding carboxylic acids is 1. The van der Waals surface area contributed by atoms with E-state index in [4.69, 9.17) is 11.6 Å². The number of nitro benzene ring substituents is 1. The van der Waals surface area contributed by atoms with E-state index in [0.717, 1.165) is 5.69 Å². The van der Waals surface area contributed by atoms with Crippen molar-refractivity contribution in [3.05, 3.63) is 87.4 Å². The number of halogens is 1. The maximum atomic E-state index is 12.6. The van der Waals surface area contributed by atoms with Crippen molar-refractivity contribution in [2.45, 2.75) is 0 Å². The zero-order valence-corrected chi connectivity index (χ0v) is 12.5. The van der Waals surface area contributed by atoms with E-state index >= 15 is 0 Å². The van der Waals surface area contributed by atoms with Crippen LogP contribution in [-0.2, 0) is 0 Å². The predicted molar refractivity (Wildman–Crippen MR) is 85.1 cm³/mol. The number of nitrogens with zero attached hydrogens (tertiary/aromatic N) is 3. The van der Waals surface area contributed by atoms with Gasteiger partial charge >= 0.3 is 0 Å². The molecule has 0 N–H and O–H groups in total. The molecule has 0 saturated heterocycles. The predicted octanol–water partition coefficient (Wildman–Crippen LogP) is 3.66. The Morgan fingerprint density at radius 1 is 1.09 bits per heavy atom. The van der Waals surface area contributed by atoms with Gasteiger partial charge < -0.3 is 0 Å². The minimum absolute atomic E-state index is 0.0670. The quantitative estimate of drug-likeness (QED) is 0.416. The Kier molecular flexibility index (Phi) is 3.91. The lowest BCUT2D eigenvalue weighted by atomic mass is 10.1. The molecule has 23 heavy (non-hydrogen) atoms. The summed E-state index contributed by atoms with van der Waals surface area (Å²) in [5.41, 5.74) is 1.01. The number of non-ortho nitro benzene ring substituents is 1. The van der Waals surface area contributed by atoms with E-state index in [9.17, 15) is 14.9 Å². The van der Waals surface area contributed by atoms with Crippen molar-refractivity contribution in [1.29, 1.82) is 0 Å². The average Bonchev–Trinajstić information content (AvgIpc) is 3.04. The molecule has 0 unspecified atom stereocenters. The van der Waals surface area contributed by atoms with Crippen molar-refractivity contribution in [2.75, 3.05) is 0 Å². The summed E-state index contributed by atoms with van der Waals surface area (Å²) in [7, 11) is 0. The molecule has 0 aliphatic heterocycles. The van der Waals surface area contributed by atoms with Crippen LogP contribution in [0.2, 0.25) is 5.02 Å². The molecule has 0 atom stereocenters. The second-order valence-electron chi connectivity index (χ2n) is 4.73. The van der Waals surface area contributed by atoms with E-state index in [0.29, 0.717) is 10.6 Å². The highest BCUT2D eigenvalue weighted by Gasteiger charge is 2.17. The average molecular weight is 328 g/mol. The summed E-state index contributed by atoms with van der Waals surface area (Å²) in [5.74, 6) is -0.0963. The number of imidazole rings is 1. The first kappa shape index (κ1) is 14.9. The smallest absolute Gasteiger partial charge is 0.269 e. The van der Waals surface area contributed by atoms with Gasteiger partial charge in [-0.3, -0.25) is 19.5 Å². The summed E-state index contributed by atoms with van der Waals surface area (Å²) in [4.78, 5) is 26.8. The number of rotatable bonds is 4. The molecule has 0 amide bonds. The molecule has 3 aromatic rings. The Morgan fingerprint density at radius 3 is 2.35 bits per heavy atom. The van der Waals surface area contributed by atoms with Crippen LogP contribution in [0.5, 0.6) is 0 Å². The van der Waals surface area contributed by atoms with Gasteiger partial charge in [-0.05, 0) is 36.4 Å². The van der Waals surface area contributed by atoms with E-state index in [2.05, 4.69) is 4.98 Å². The number of aromatic nitrogens is 2. The Bertz CT molecular complexity index is 870. The maximum Gasteiger partial charge on any atom is 0.269 e. The molecule has 0 fully saturated rings. The molecule has 1 heterocycles. The highest BCUT2D eigenvalue weighted by Crippen LogP contribution is 2.18. The van der Waals surface area contributed by atoms with Crippen molar-refractivity contribution in [1.82, 2.24) is 9.55 Å². The van der Waals surface area contributed by atoms with Gasteiger partial charge in [-0.15, -0.1) is 0 Å². The molecule has 0 aliphatic carbocycles.